The lowest BCUT2D eigenvalue weighted by Gasteiger charge is -2.24. The minimum Gasteiger partial charge on any atom is -0.338 e. The highest BCUT2D eigenvalue weighted by Gasteiger charge is 2.27. The van der Waals surface area contributed by atoms with Crippen molar-refractivity contribution in [3.05, 3.63) is 36.2 Å². The largest absolute Gasteiger partial charge is 0.338 e. The van der Waals surface area contributed by atoms with Gasteiger partial charge in [-0.3, -0.25) is 4.79 Å². The average Bonchev–Trinajstić information content (AvgIpc) is 3.19. The molecule has 1 aliphatic heterocycles. The predicted molar refractivity (Wildman–Crippen MR) is 81.5 cm³/mol. The van der Waals surface area contributed by atoms with Crippen LogP contribution in [0.4, 0.5) is 0 Å². The van der Waals surface area contributed by atoms with E-state index < -0.39 is 0 Å². The molecule has 1 aromatic heterocycles. The van der Waals surface area contributed by atoms with Crippen LogP contribution in [0.25, 0.3) is 5.69 Å². The van der Waals surface area contributed by atoms with Gasteiger partial charge in [0, 0.05) is 19.1 Å². The van der Waals surface area contributed by atoms with Crippen LogP contribution >= 0.6 is 0 Å². The van der Waals surface area contributed by atoms with Crippen LogP contribution < -0.4 is 5.32 Å². The first-order valence-corrected chi connectivity index (χ1v) is 7.54. The molecule has 1 aromatic carbocycles. The van der Waals surface area contributed by atoms with Crippen LogP contribution in [0.3, 0.4) is 0 Å². The first-order valence-electron chi connectivity index (χ1n) is 7.54. The van der Waals surface area contributed by atoms with E-state index >= 15 is 0 Å². The maximum absolute atomic E-state index is 12.5. The summed E-state index contributed by atoms with van der Waals surface area (Å²) in [6, 6.07) is 8.09. The molecule has 2 aromatic rings. The number of rotatable bonds is 5. The normalized spacial score (nSPS) is 17.9. The van der Waals surface area contributed by atoms with Crippen LogP contribution in [0.2, 0.25) is 0 Å². The van der Waals surface area contributed by atoms with Crippen LogP contribution in [0.5, 0.6) is 0 Å². The molecule has 7 heteroatoms. The summed E-state index contributed by atoms with van der Waals surface area (Å²) >= 11 is 0. The highest BCUT2D eigenvalue weighted by Crippen LogP contribution is 2.18. The number of likely N-dealkylation sites (tertiary alicyclic amines) is 1. The lowest BCUT2D eigenvalue weighted by molar-refractivity contribution is -0.131. The van der Waals surface area contributed by atoms with Crippen molar-refractivity contribution in [2.75, 3.05) is 20.1 Å². The number of carbonyl (C=O) groups is 1. The van der Waals surface area contributed by atoms with Gasteiger partial charge in [-0.2, -0.15) is 0 Å². The van der Waals surface area contributed by atoms with Gasteiger partial charge >= 0.3 is 0 Å². The van der Waals surface area contributed by atoms with Gasteiger partial charge in [-0.15, -0.1) is 5.10 Å². The molecule has 1 N–H and O–H groups in total. The summed E-state index contributed by atoms with van der Waals surface area (Å²) in [5.41, 5.74) is 1.90. The number of hydrogen-bond donors (Lipinski definition) is 1. The summed E-state index contributed by atoms with van der Waals surface area (Å²) in [6.45, 7) is 1.73. The molecule has 2 heterocycles. The fourth-order valence-corrected chi connectivity index (χ4v) is 2.93. The minimum atomic E-state index is 0.202. The molecular weight excluding hydrogens is 280 g/mol. The monoisotopic (exact) mass is 300 g/mol. The summed E-state index contributed by atoms with van der Waals surface area (Å²) in [7, 11) is 1.93. The molecule has 3 rings (SSSR count). The summed E-state index contributed by atoms with van der Waals surface area (Å²) in [5.74, 6) is 0.202. The zero-order valence-corrected chi connectivity index (χ0v) is 12.6. The van der Waals surface area contributed by atoms with E-state index in [0.29, 0.717) is 12.5 Å². The third-order valence-corrected chi connectivity index (χ3v) is 4.04. The van der Waals surface area contributed by atoms with E-state index in [1.54, 1.807) is 11.0 Å². The van der Waals surface area contributed by atoms with Crippen molar-refractivity contribution < 1.29 is 4.79 Å². The molecule has 1 fully saturated rings. The first kappa shape index (κ1) is 14.6. The summed E-state index contributed by atoms with van der Waals surface area (Å²) in [6.07, 6.45) is 4.17. The van der Waals surface area contributed by atoms with E-state index in [1.807, 2.05) is 36.2 Å². The maximum Gasteiger partial charge on any atom is 0.227 e. The van der Waals surface area contributed by atoms with E-state index in [4.69, 9.17) is 0 Å². The minimum absolute atomic E-state index is 0.202. The number of carbonyl (C=O) groups excluding carboxylic acids is 1. The van der Waals surface area contributed by atoms with Gasteiger partial charge in [0.15, 0.2) is 0 Å². The molecule has 0 bridgehead atoms. The second-order valence-electron chi connectivity index (χ2n) is 5.54. The van der Waals surface area contributed by atoms with Crippen LogP contribution in [0.15, 0.2) is 30.6 Å². The molecule has 1 amide bonds. The molecule has 0 spiro atoms. The third-order valence-electron chi connectivity index (χ3n) is 4.04. The van der Waals surface area contributed by atoms with Gasteiger partial charge in [0.2, 0.25) is 5.91 Å². The fourth-order valence-electron chi connectivity index (χ4n) is 2.93. The Morgan fingerprint density at radius 3 is 2.86 bits per heavy atom. The summed E-state index contributed by atoms with van der Waals surface area (Å²) in [5, 5.41) is 14.2. The Labute approximate surface area is 129 Å². The van der Waals surface area contributed by atoms with Gasteiger partial charge in [0.25, 0.3) is 0 Å². The van der Waals surface area contributed by atoms with Gasteiger partial charge in [-0.25, -0.2) is 4.68 Å². The van der Waals surface area contributed by atoms with E-state index in [-0.39, 0.29) is 5.91 Å². The summed E-state index contributed by atoms with van der Waals surface area (Å²) < 4.78 is 1.59. The van der Waals surface area contributed by atoms with Crippen LogP contribution in [-0.2, 0) is 11.2 Å². The zero-order valence-electron chi connectivity index (χ0n) is 12.6. The Morgan fingerprint density at radius 2 is 2.18 bits per heavy atom. The quantitative estimate of drug-likeness (QED) is 0.866. The average molecular weight is 300 g/mol. The van der Waals surface area contributed by atoms with Crippen molar-refractivity contribution in [3.63, 3.8) is 0 Å². The second-order valence-corrected chi connectivity index (χ2v) is 5.54. The molecule has 0 radical (unpaired) electrons. The van der Waals surface area contributed by atoms with Gasteiger partial charge in [0.05, 0.1) is 12.1 Å². The molecular formula is C15H20N6O. The second kappa shape index (κ2) is 6.65. The van der Waals surface area contributed by atoms with Gasteiger partial charge in [-0.05, 0) is 48.0 Å². The molecule has 0 aliphatic carbocycles. The van der Waals surface area contributed by atoms with Crippen LogP contribution in [-0.4, -0.2) is 57.2 Å². The number of aromatic nitrogens is 4. The van der Waals surface area contributed by atoms with Crippen molar-refractivity contribution in [3.8, 4) is 5.69 Å². The third kappa shape index (κ3) is 3.14. The van der Waals surface area contributed by atoms with Gasteiger partial charge in [0.1, 0.15) is 6.33 Å². The van der Waals surface area contributed by atoms with Crippen molar-refractivity contribution in [2.24, 2.45) is 0 Å². The number of amides is 1. The fraction of sp³-hybridized carbons (Fsp3) is 0.467. The molecule has 22 heavy (non-hydrogen) atoms. The van der Waals surface area contributed by atoms with Crippen molar-refractivity contribution in [1.29, 1.82) is 0 Å². The Balaban J connectivity index is 1.64. The van der Waals surface area contributed by atoms with Crippen molar-refractivity contribution in [2.45, 2.75) is 25.3 Å². The lowest BCUT2D eigenvalue weighted by atomic mass is 10.1. The molecule has 1 aliphatic rings. The van der Waals surface area contributed by atoms with E-state index in [0.717, 1.165) is 37.2 Å². The number of tetrazole rings is 1. The smallest absolute Gasteiger partial charge is 0.227 e. The molecule has 1 atom stereocenters. The number of nitrogens with one attached hydrogen (secondary N) is 1. The number of likely N-dealkylation sites (N-methyl/N-ethyl adjacent to an activating group) is 1. The van der Waals surface area contributed by atoms with Gasteiger partial charge in [-0.1, -0.05) is 12.1 Å². The van der Waals surface area contributed by atoms with Crippen LogP contribution in [0.1, 0.15) is 18.4 Å². The standard InChI is InChI=1S/C15H20N6O/c1-16-10-14-3-2-8-20(14)15(22)9-12-4-6-13(7-5-12)21-11-17-18-19-21/h4-7,11,14,16H,2-3,8-10H2,1H3. The molecule has 7 nitrogen and oxygen atoms in total. The molecule has 1 unspecified atom stereocenters. The number of benzene rings is 1. The highest BCUT2D eigenvalue weighted by atomic mass is 16.2. The molecule has 1 saturated heterocycles. The van der Waals surface area contributed by atoms with Crippen LogP contribution in [0, 0.1) is 0 Å². The Morgan fingerprint density at radius 1 is 1.36 bits per heavy atom. The SMILES string of the molecule is CNCC1CCCN1C(=O)Cc1ccc(-n2cnnn2)cc1. The maximum atomic E-state index is 12.5. The number of hydrogen-bond acceptors (Lipinski definition) is 5. The first-order chi connectivity index (χ1) is 10.8. The van der Waals surface area contributed by atoms with E-state index in [1.165, 1.54) is 0 Å². The Kier molecular flexibility index (Phi) is 4.43. The Bertz CT molecular complexity index is 609. The lowest BCUT2D eigenvalue weighted by Crippen LogP contribution is -2.41. The Hall–Kier alpha value is -2.28. The van der Waals surface area contributed by atoms with Crippen molar-refractivity contribution in [1.82, 2.24) is 30.4 Å². The van der Waals surface area contributed by atoms with Crippen molar-refractivity contribution >= 4 is 5.91 Å². The topological polar surface area (TPSA) is 75.9 Å². The van der Waals surface area contributed by atoms with E-state index in [9.17, 15) is 4.79 Å². The predicted octanol–water partition coefficient (Wildman–Crippen LogP) is 0.415. The summed E-state index contributed by atoms with van der Waals surface area (Å²) in [4.78, 5) is 14.5. The van der Waals surface area contributed by atoms with Gasteiger partial charge < -0.3 is 10.2 Å². The molecule has 116 valence electrons. The number of nitrogens with zero attached hydrogens (tertiary/aromatic N) is 5. The molecule has 0 saturated carbocycles. The zero-order chi connectivity index (χ0) is 15.4. The van der Waals surface area contributed by atoms with E-state index in [2.05, 4.69) is 20.8 Å². The highest BCUT2D eigenvalue weighted by molar-refractivity contribution is 5.79.